The molecule has 2 nitrogen and oxygen atoms in total. The number of aromatic nitrogens is 2. The van der Waals surface area contributed by atoms with Gasteiger partial charge in [-0.1, -0.05) is 37.6 Å². The van der Waals surface area contributed by atoms with Gasteiger partial charge < -0.3 is 4.98 Å². The first-order chi connectivity index (χ1) is 7.90. The Balaban J connectivity index is 2.08. The van der Waals surface area contributed by atoms with Crippen molar-refractivity contribution in [2.75, 3.05) is 0 Å². The predicted molar refractivity (Wildman–Crippen MR) is 64.4 cm³/mol. The number of benzene rings is 1. The molecule has 0 saturated heterocycles. The van der Waals surface area contributed by atoms with Crippen molar-refractivity contribution in [2.24, 2.45) is 5.92 Å². The third-order valence-corrected chi connectivity index (χ3v) is 3.72. The second-order valence-electron chi connectivity index (χ2n) is 4.56. The number of imidazole rings is 1. The minimum absolute atomic E-state index is 0.517. The van der Waals surface area contributed by atoms with E-state index in [9.17, 15) is 0 Å². The molecular weight excluding hydrogens is 196 g/mol. The molecule has 0 saturated carbocycles. The van der Waals surface area contributed by atoms with Crippen LogP contribution in [0.3, 0.4) is 0 Å². The molecule has 1 N–H and O–H groups in total. The molecule has 0 bridgehead atoms. The van der Waals surface area contributed by atoms with Gasteiger partial charge >= 0.3 is 0 Å². The van der Waals surface area contributed by atoms with Gasteiger partial charge in [-0.05, 0) is 23.5 Å². The van der Waals surface area contributed by atoms with E-state index in [0.717, 1.165) is 5.92 Å². The zero-order valence-corrected chi connectivity index (χ0v) is 9.48. The van der Waals surface area contributed by atoms with Crippen molar-refractivity contribution in [2.45, 2.75) is 25.7 Å². The third kappa shape index (κ3) is 1.37. The maximum absolute atomic E-state index is 4.15. The van der Waals surface area contributed by atoms with Crippen molar-refractivity contribution < 1.29 is 0 Å². The van der Waals surface area contributed by atoms with Crippen LogP contribution in [0.15, 0.2) is 36.8 Å². The van der Waals surface area contributed by atoms with Crippen LogP contribution in [0.5, 0.6) is 0 Å². The quantitative estimate of drug-likeness (QED) is 0.814. The van der Waals surface area contributed by atoms with Crippen LogP contribution < -0.4 is 0 Å². The Labute approximate surface area is 95.7 Å². The highest BCUT2D eigenvalue weighted by Gasteiger charge is 2.32. The zero-order valence-electron chi connectivity index (χ0n) is 9.48. The number of aromatic amines is 1. The van der Waals surface area contributed by atoms with Crippen LogP contribution >= 0.6 is 0 Å². The van der Waals surface area contributed by atoms with E-state index in [1.54, 1.807) is 6.33 Å². The second-order valence-corrected chi connectivity index (χ2v) is 4.56. The molecule has 0 radical (unpaired) electrons. The monoisotopic (exact) mass is 212 g/mol. The summed E-state index contributed by atoms with van der Waals surface area (Å²) in [6, 6.07) is 8.80. The van der Waals surface area contributed by atoms with Crippen molar-refractivity contribution >= 4 is 0 Å². The van der Waals surface area contributed by atoms with Crippen LogP contribution in [0, 0.1) is 5.92 Å². The lowest BCUT2D eigenvalue weighted by molar-refractivity contribution is 0.482. The smallest absolute Gasteiger partial charge is 0.0921 e. The summed E-state index contributed by atoms with van der Waals surface area (Å²) in [5.41, 5.74) is 4.25. The number of nitrogens with zero attached hydrogens (tertiary/aromatic N) is 1. The Kier molecular flexibility index (Phi) is 2.28. The van der Waals surface area contributed by atoms with Crippen molar-refractivity contribution in [3.63, 3.8) is 0 Å². The average Bonchev–Trinajstić information content (AvgIpc) is 2.94. The Morgan fingerprint density at radius 3 is 3.00 bits per heavy atom. The van der Waals surface area contributed by atoms with Crippen LogP contribution in [0.2, 0.25) is 0 Å². The van der Waals surface area contributed by atoms with Gasteiger partial charge in [0, 0.05) is 17.8 Å². The fourth-order valence-electron chi connectivity index (χ4n) is 2.92. The Morgan fingerprint density at radius 2 is 2.25 bits per heavy atom. The van der Waals surface area contributed by atoms with Gasteiger partial charge in [-0.2, -0.15) is 0 Å². The lowest BCUT2D eigenvalue weighted by Crippen LogP contribution is -2.08. The summed E-state index contributed by atoms with van der Waals surface area (Å²) in [6.07, 6.45) is 6.17. The summed E-state index contributed by atoms with van der Waals surface area (Å²) < 4.78 is 0. The molecule has 2 aromatic rings. The van der Waals surface area contributed by atoms with Crippen LogP contribution in [0.25, 0.3) is 0 Å². The topological polar surface area (TPSA) is 28.7 Å². The first-order valence-electron chi connectivity index (χ1n) is 5.96. The molecular formula is C14H16N2. The molecule has 1 aliphatic rings. The number of H-pyrrole nitrogens is 1. The van der Waals surface area contributed by atoms with Gasteiger partial charge in [0.2, 0.25) is 0 Å². The maximum Gasteiger partial charge on any atom is 0.0921 e. The Morgan fingerprint density at radius 1 is 1.38 bits per heavy atom. The lowest BCUT2D eigenvalue weighted by atomic mass is 9.88. The zero-order chi connectivity index (χ0) is 11.0. The largest absolute Gasteiger partial charge is 0.348 e. The van der Waals surface area contributed by atoms with Gasteiger partial charge in [0.25, 0.3) is 0 Å². The fraction of sp³-hybridized carbons (Fsp3) is 0.357. The molecule has 1 heterocycles. The van der Waals surface area contributed by atoms with E-state index >= 15 is 0 Å². The number of hydrogen-bond acceptors (Lipinski definition) is 1. The van der Waals surface area contributed by atoms with E-state index in [2.05, 4.69) is 41.2 Å². The van der Waals surface area contributed by atoms with E-state index in [1.807, 2.05) is 6.20 Å². The third-order valence-electron chi connectivity index (χ3n) is 3.72. The van der Waals surface area contributed by atoms with Gasteiger partial charge in [-0.3, -0.25) is 0 Å². The van der Waals surface area contributed by atoms with E-state index < -0.39 is 0 Å². The van der Waals surface area contributed by atoms with Crippen LogP contribution in [-0.2, 0) is 6.42 Å². The van der Waals surface area contributed by atoms with E-state index in [1.165, 1.54) is 29.7 Å². The summed E-state index contributed by atoms with van der Waals surface area (Å²) in [5.74, 6) is 1.24. The number of rotatable bonds is 2. The minimum atomic E-state index is 0.517. The molecule has 0 amide bonds. The molecule has 1 aromatic carbocycles. The van der Waals surface area contributed by atoms with Crippen LogP contribution in [0.4, 0.5) is 0 Å². The minimum Gasteiger partial charge on any atom is -0.348 e. The van der Waals surface area contributed by atoms with E-state index in [-0.39, 0.29) is 0 Å². The first kappa shape index (κ1) is 9.64. The average molecular weight is 212 g/mol. The number of fused-ring (bicyclic) bond motifs is 1. The summed E-state index contributed by atoms with van der Waals surface area (Å²) in [5, 5.41) is 0. The molecule has 0 aliphatic heterocycles. The number of nitrogens with one attached hydrogen (secondary N) is 1. The van der Waals surface area contributed by atoms with Crippen LogP contribution in [-0.4, -0.2) is 9.97 Å². The molecule has 2 heteroatoms. The van der Waals surface area contributed by atoms with Crippen molar-refractivity contribution in [1.82, 2.24) is 9.97 Å². The standard InChI is InChI=1S/C14H16N2/c1-2-10-7-11-5-3-4-6-12(11)14(10)13-8-15-9-16-13/h3-6,8-10,14H,2,7H2,1H3,(H,15,16)/t10?,14-/m1/s1. The summed E-state index contributed by atoms with van der Waals surface area (Å²) >= 11 is 0. The highest BCUT2D eigenvalue weighted by molar-refractivity contribution is 5.40. The molecule has 0 fully saturated rings. The van der Waals surface area contributed by atoms with Gasteiger partial charge in [0.15, 0.2) is 0 Å². The fourth-order valence-corrected chi connectivity index (χ4v) is 2.92. The molecule has 1 aliphatic carbocycles. The van der Waals surface area contributed by atoms with Gasteiger partial charge in [-0.25, -0.2) is 4.98 Å². The van der Waals surface area contributed by atoms with Crippen molar-refractivity contribution in [1.29, 1.82) is 0 Å². The van der Waals surface area contributed by atoms with Gasteiger partial charge in [0.1, 0.15) is 0 Å². The Hall–Kier alpha value is -1.57. The highest BCUT2D eigenvalue weighted by Crippen LogP contribution is 2.42. The molecule has 1 unspecified atom stereocenters. The summed E-state index contributed by atoms with van der Waals surface area (Å²) in [7, 11) is 0. The van der Waals surface area contributed by atoms with E-state index in [4.69, 9.17) is 0 Å². The molecule has 0 spiro atoms. The SMILES string of the molecule is CCC1Cc2ccccc2[C@@H]1c1cnc[nH]1. The lowest BCUT2D eigenvalue weighted by Gasteiger charge is -2.17. The van der Waals surface area contributed by atoms with Gasteiger partial charge in [-0.15, -0.1) is 0 Å². The molecule has 16 heavy (non-hydrogen) atoms. The van der Waals surface area contributed by atoms with Crippen molar-refractivity contribution in [3.05, 3.63) is 53.6 Å². The molecule has 3 rings (SSSR count). The van der Waals surface area contributed by atoms with E-state index in [0.29, 0.717) is 5.92 Å². The van der Waals surface area contributed by atoms with Crippen LogP contribution in [0.1, 0.15) is 36.1 Å². The van der Waals surface area contributed by atoms with Crippen molar-refractivity contribution in [3.8, 4) is 0 Å². The number of hydrogen-bond donors (Lipinski definition) is 1. The normalized spacial score (nSPS) is 23.3. The molecule has 2 atom stereocenters. The molecule has 1 aromatic heterocycles. The highest BCUT2D eigenvalue weighted by atomic mass is 14.9. The van der Waals surface area contributed by atoms with Gasteiger partial charge in [0.05, 0.1) is 6.33 Å². The maximum atomic E-state index is 4.15. The predicted octanol–water partition coefficient (Wildman–Crippen LogP) is 3.12. The Bertz CT molecular complexity index is 473. The molecule has 82 valence electrons. The summed E-state index contributed by atoms with van der Waals surface area (Å²) in [4.78, 5) is 7.43. The summed E-state index contributed by atoms with van der Waals surface area (Å²) in [6.45, 7) is 2.28. The second kappa shape index (κ2) is 3.78. The first-order valence-corrected chi connectivity index (χ1v) is 5.96.